The summed E-state index contributed by atoms with van der Waals surface area (Å²) in [6.45, 7) is 12.6. The van der Waals surface area contributed by atoms with Crippen LogP contribution in [0.5, 0.6) is 0 Å². The second kappa shape index (κ2) is 7.64. The van der Waals surface area contributed by atoms with Crippen LogP contribution < -0.4 is 5.32 Å². The van der Waals surface area contributed by atoms with Crippen molar-refractivity contribution < 1.29 is 9.53 Å². The summed E-state index contributed by atoms with van der Waals surface area (Å²) in [6.07, 6.45) is 1.53. The smallest absolute Gasteiger partial charge is 0.316 e. The number of aromatic nitrogens is 2. The number of carbonyl (C=O) groups excluding carboxylic acids is 1. The Morgan fingerprint density at radius 1 is 1.38 bits per heavy atom. The van der Waals surface area contributed by atoms with Gasteiger partial charge in [-0.2, -0.15) is 0 Å². The van der Waals surface area contributed by atoms with Crippen molar-refractivity contribution in [2.24, 2.45) is 0 Å². The fourth-order valence-electron chi connectivity index (χ4n) is 1.82. The summed E-state index contributed by atoms with van der Waals surface area (Å²) in [5.41, 5.74) is 0.590. The van der Waals surface area contributed by atoms with E-state index in [1.807, 2.05) is 27.7 Å². The number of ether oxygens (including phenoxy) is 1. The van der Waals surface area contributed by atoms with Gasteiger partial charge >= 0.3 is 5.97 Å². The molecule has 6 heteroatoms. The fraction of sp³-hybridized carbons (Fsp3) is 0.667. The van der Waals surface area contributed by atoms with Crippen LogP contribution in [0.25, 0.3) is 0 Å². The van der Waals surface area contributed by atoms with Crippen LogP contribution in [0.2, 0.25) is 0 Å². The first-order valence-electron chi connectivity index (χ1n) is 7.18. The first kappa shape index (κ1) is 17.8. The summed E-state index contributed by atoms with van der Waals surface area (Å²) in [6, 6.07) is 0. The molecule has 0 bridgehead atoms. The van der Waals surface area contributed by atoms with Crippen molar-refractivity contribution in [2.75, 3.05) is 17.6 Å². The van der Waals surface area contributed by atoms with Crippen molar-refractivity contribution in [2.45, 2.75) is 58.1 Å². The molecule has 1 aromatic rings. The minimum absolute atomic E-state index is 0.231. The van der Waals surface area contributed by atoms with E-state index in [9.17, 15) is 4.79 Å². The number of nitrogens with one attached hydrogen (secondary N) is 1. The van der Waals surface area contributed by atoms with Crippen molar-refractivity contribution in [3.05, 3.63) is 11.9 Å². The average Bonchev–Trinajstić information content (AvgIpc) is 2.34. The quantitative estimate of drug-likeness (QED) is 0.493. The zero-order valence-electron chi connectivity index (χ0n) is 13.7. The highest BCUT2D eigenvalue weighted by Crippen LogP contribution is 2.31. The normalized spacial score (nSPS) is 11.6. The van der Waals surface area contributed by atoms with Crippen molar-refractivity contribution in [1.29, 1.82) is 0 Å². The molecule has 5 nitrogen and oxygen atoms in total. The number of anilines is 1. The lowest BCUT2D eigenvalue weighted by atomic mass is 10.1. The van der Waals surface area contributed by atoms with Crippen LogP contribution in [0.1, 0.15) is 53.0 Å². The average molecular weight is 311 g/mol. The molecule has 1 rings (SSSR count). The van der Waals surface area contributed by atoms with Gasteiger partial charge in [0.2, 0.25) is 0 Å². The largest absolute Gasteiger partial charge is 0.459 e. The van der Waals surface area contributed by atoms with Crippen molar-refractivity contribution in [3.8, 4) is 0 Å². The van der Waals surface area contributed by atoms with Gasteiger partial charge in [0.05, 0.1) is 5.75 Å². The molecular formula is C15H25N3O2S. The number of rotatable bonds is 6. The molecule has 0 radical (unpaired) electrons. The van der Waals surface area contributed by atoms with E-state index in [1.54, 1.807) is 0 Å². The molecule has 0 unspecified atom stereocenters. The molecule has 0 aliphatic carbocycles. The van der Waals surface area contributed by atoms with Crippen molar-refractivity contribution in [1.82, 2.24) is 9.97 Å². The zero-order valence-corrected chi connectivity index (χ0v) is 14.5. The molecule has 1 heterocycles. The lowest BCUT2D eigenvalue weighted by Crippen LogP contribution is -2.25. The van der Waals surface area contributed by atoms with Crippen LogP contribution in [-0.2, 0) is 9.53 Å². The topological polar surface area (TPSA) is 64.1 Å². The van der Waals surface area contributed by atoms with Gasteiger partial charge in [0, 0.05) is 12.1 Å². The maximum Gasteiger partial charge on any atom is 0.316 e. The van der Waals surface area contributed by atoms with E-state index in [0.717, 1.165) is 23.0 Å². The van der Waals surface area contributed by atoms with Crippen LogP contribution in [0.15, 0.2) is 11.4 Å². The standard InChI is InChI=1S/C15H25N3O2S/c1-7-16-13-12(10(2)3)14(18-9-17-13)21-8-11(19)20-15(4,5)6/h9-10H,7-8H2,1-6H3,(H,16,17,18). The van der Waals surface area contributed by atoms with Gasteiger partial charge < -0.3 is 10.1 Å². The van der Waals surface area contributed by atoms with Gasteiger partial charge in [0.25, 0.3) is 0 Å². The number of carbonyl (C=O) groups is 1. The van der Waals surface area contributed by atoms with Crippen LogP contribution in [0, 0.1) is 0 Å². The maximum absolute atomic E-state index is 11.8. The molecule has 118 valence electrons. The Kier molecular flexibility index (Phi) is 6.45. The van der Waals surface area contributed by atoms with Gasteiger partial charge in [-0.25, -0.2) is 9.97 Å². The Labute approximate surface area is 131 Å². The molecule has 0 saturated carbocycles. The maximum atomic E-state index is 11.8. The van der Waals surface area contributed by atoms with Gasteiger partial charge in [-0.15, -0.1) is 0 Å². The highest BCUT2D eigenvalue weighted by atomic mass is 32.2. The summed E-state index contributed by atoms with van der Waals surface area (Å²) < 4.78 is 5.32. The van der Waals surface area contributed by atoms with E-state index in [2.05, 4.69) is 29.1 Å². The first-order chi connectivity index (χ1) is 9.74. The first-order valence-corrected chi connectivity index (χ1v) is 8.16. The Morgan fingerprint density at radius 2 is 2.05 bits per heavy atom. The number of hydrogen-bond donors (Lipinski definition) is 1. The molecule has 0 saturated heterocycles. The monoisotopic (exact) mass is 311 g/mol. The van der Waals surface area contributed by atoms with Crippen LogP contribution in [-0.4, -0.2) is 33.8 Å². The van der Waals surface area contributed by atoms with E-state index >= 15 is 0 Å². The van der Waals surface area contributed by atoms with E-state index in [0.29, 0.717) is 0 Å². The number of nitrogens with zero attached hydrogens (tertiary/aromatic N) is 2. The number of hydrogen-bond acceptors (Lipinski definition) is 6. The second-order valence-electron chi connectivity index (χ2n) is 6.00. The molecule has 21 heavy (non-hydrogen) atoms. The van der Waals surface area contributed by atoms with Crippen LogP contribution in [0.4, 0.5) is 5.82 Å². The van der Waals surface area contributed by atoms with E-state index in [-0.39, 0.29) is 17.6 Å². The van der Waals surface area contributed by atoms with E-state index in [1.165, 1.54) is 18.1 Å². The number of thioether (sulfide) groups is 1. The molecule has 1 aromatic heterocycles. The lowest BCUT2D eigenvalue weighted by Gasteiger charge is -2.20. The molecule has 0 fully saturated rings. The van der Waals surface area contributed by atoms with Crippen molar-refractivity contribution in [3.63, 3.8) is 0 Å². The third-order valence-corrected chi connectivity index (χ3v) is 3.49. The molecule has 1 N–H and O–H groups in total. The van der Waals surface area contributed by atoms with E-state index in [4.69, 9.17) is 4.74 Å². The van der Waals surface area contributed by atoms with E-state index < -0.39 is 5.60 Å². The fourth-order valence-corrected chi connectivity index (χ4v) is 2.74. The molecule has 0 spiro atoms. The summed E-state index contributed by atoms with van der Waals surface area (Å²) in [7, 11) is 0. The predicted molar refractivity (Wildman–Crippen MR) is 86.9 cm³/mol. The zero-order chi connectivity index (χ0) is 16.0. The highest BCUT2D eigenvalue weighted by Gasteiger charge is 2.19. The molecule has 0 atom stereocenters. The summed E-state index contributed by atoms with van der Waals surface area (Å²) in [4.78, 5) is 20.4. The van der Waals surface area contributed by atoms with Gasteiger partial charge in [0.1, 0.15) is 22.8 Å². The molecular weight excluding hydrogens is 286 g/mol. The lowest BCUT2D eigenvalue weighted by molar-refractivity contribution is -0.151. The third kappa shape index (κ3) is 5.91. The summed E-state index contributed by atoms with van der Waals surface area (Å²) >= 11 is 1.40. The Hall–Kier alpha value is -1.30. The predicted octanol–water partition coefficient (Wildman–Crippen LogP) is 3.47. The van der Waals surface area contributed by atoms with Gasteiger partial charge in [-0.1, -0.05) is 25.6 Å². The van der Waals surface area contributed by atoms with Gasteiger partial charge in [0.15, 0.2) is 0 Å². The summed E-state index contributed by atoms with van der Waals surface area (Å²) in [5.74, 6) is 1.14. The SMILES string of the molecule is CCNc1ncnc(SCC(=O)OC(C)(C)C)c1C(C)C. The van der Waals surface area contributed by atoms with Gasteiger partial charge in [-0.05, 0) is 33.6 Å². The Bertz CT molecular complexity index is 484. The molecule has 0 aliphatic heterocycles. The van der Waals surface area contributed by atoms with Crippen molar-refractivity contribution >= 4 is 23.5 Å². The number of esters is 1. The minimum Gasteiger partial charge on any atom is -0.459 e. The summed E-state index contributed by atoms with van der Waals surface area (Å²) in [5, 5.41) is 4.08. The van der Waals surface area contributed by atoms with Crippen LogP contribution >= 0.6 is 11.8 Å². The van der Waals surface area contributed by atoms with Gasteiger partial charge in [-0.3, -0.25) is 4.79 Å². The molecule has 0 amide bonds. The molecule has 0 aliphatic rings. The third-order valence-electron chi connectivity index (χ3n) is 2.52. The van der Waals surface area contributed by atoms with Crippen LogP contribution in [0.3, 0.4) is 0 Å². The Morgan fingerprint density at radius 3 is 2.57 bits per heavy atom. The molecule has 0 aromatic carbocycles. The minimum atomic E-state index is -0.459. The second-order valence-corrected chi connectivity index (χ2v) is 6.97. The highest BCUT2D eigenvalue weighted by molar-refractivity contribution is 7.99. The Balaban J connectivity index is 2.83.